The van der Waals surface area contributed by atoms with Crippen molar-refractivity contribution in [1.82, 2.24) is 4.98 Å². The molecule has 6 heteroatoms. The summed E-state index contributed by atoms with van der Waals surface area (Å²) in [6, 6.07) is 13.9. The van der Waals surface area contributed by atoms with Crippen LogP contribution in [-0.4, -0.2) is 25.1 Å². The van der Waals surface area contributed by atoms with E-state index in [0.717, 1.165) is 23.2 Å². The monoisotopic (exact) mass is 410 g/mol. The first kappa shape index (κ1) is 20.9. The Morgan fingerprint density at radius 3 is 2.38 bits per heavy atom. The summed E-state index contributed by atoms with van der Waals surface area (Å²) in [5.74, 6) is 1.76. The molecule has 0 atom stereocenters. The Bertz CT molecular complexity index is 965. The Morgan fingerprint density at radius 1 is 1.03 bits per heavy atom. The van der Waals surface area contributed by atoms with E-state index in [1.807, 2.05) is 17.5 Å². The molecule has 0 unspecified atom stereocenters. The van der Waals surface area contributed by atoms with Crippen LogP contribution in [0, 0.1) is 5.92 Å². The minimum absolute atomic E-state index is 0.120. The zero-order valence-corrected chi connectivity index (χ0v) is 18.0. The summed E-state index contributed by atoms with van der Waals surface area (Å²) >= 11 is 1.42. The van der Waals surface area contributed by atoms with E-state index in [9.17, 15) is 4.79 Å². The molecule has 29 heavy (non-hydrogen) atoms. The highest BCUT2D eigenvalue weighted by molar-refractivity contribution is 7.14. The van der Waals surface area contributed by atoms with Crippen LogP contribution in [0.15, 0.2) is 47.8 Å². The third kappa shape index (κ3) is 5.57. The van der Waals surface area contributed by atoms with Crippen molar-refractivity contribution in [3.8, 4) is 22.8 Å². The first-order valence-corrected chi connectivity index (χ1v) is 10.4. The Hall–Kier alpha value is -2.86. The van der Waals surface area contributed by atoms with Gasteiger partial charge in [0.2, 0.25) is 5.91 Å². The molecule has 1 N–H and O–H groups in total. The molecular weight excluding hydrogens is 384 g/mol. The molecule has 1 aromatic heterocycles. The van der Waals surface area contributed by atoms with Crippen LogP contribution in [0.25, 0.3) is 11.3 Å². The number of carbonyl (C=O) groups excluding carboxylic acids is 1. The maximum absolute atomic E-state index is 12.4. The summed E-state index contributed by atoms with van der Waals surface area (Å²) in [4.78, 5) is 17.0. The summed E-state index contributed by atoms with van der Waals surface area (Å²) in [5, 5.41) is 5.44. The average molecular weight is 411 g/mol. The van der Waals surface area contributed by atoms with Gasteiger partial charge in [-0.15, -0.1) is 11.3 Å². The van der Waals surface area contributed by atoms with Crippen molar-refractivity contribution >= 4 is 22.4 Å². The fourth-order valence-electron chi connectivity index (χ4n) is 3.09. The van der Waals surface area contributed by atoms with Crippen molar-refractivity contribution in [3.63, 3.8) is 0 Å². The lowest BCUT2D eigenvalue weighted by atomic mass is 10.0. The lowest BCUT2D eigenvalue weighted by Crippen LogP contribution is -2.14. The highest BCUT2D eigenvalue weighted by Crippen LogP contribution is 2.28. The van der Waals surface area contributed by atoms with Crippen molar-refractivity contribution in [2.75, 3.05) is 19.5 Å². The predicted molar refractivity (Wildman–Crippen MR) is 118 cm³/mol. The van der Waals surface area contributed by atoms with Crippen molar-refractivity contribution in [2.24, 2.45) is 5.92 Å². The number of amides is 1. The van der Waals surface area contributed by atoms with E-state index in [4.69, 9.17) is 9.47 Å². The Labute approximate surface area is 175 Å². The third-order valence-corrected chi connectivity index (χ3v) is 5.21. The van der Waals surface area contributed by atoms with Crippen molar-refractivity contribution in [2.45, 2.75) is 26.7 Å². The highest BCUT2D eigenvalue weighted by Gasteiger charge is 2.11. The molecule has 2 aromatic carbocycles. The number of carbonyl (C=O) groups is 1. The fraction of sp³-hybridized carbons (Fsp3) is 0.304. The Morgan fingerprint density at radius 2 is 1.72 bits per heavy atom. The molecule has 0 fully saturated rings. The second-order valence-electron chi connectivity index (χ2n) is 7.25. The standard InChI is InChI=1S/C23H26N2O3S/c1-15(2)11-16-5-8-18(9-6-16)19-14-29-23(24-19)25-22(26)13-17-7-10-20(27-3)21(12-17)28-4/h5-10,12,14-15H,11,13H2,1-4H3,(H,24,25,26). The van der Waals surface area contributed by atoms with E-state index in [-0.39, 0.29) is 12.3 Å². The van der Waals surface area contributed by atoms with Crippen LogP contribution in [0.3, 0.4) is 0 Å². The molecule has 0 aliphatic rings. The summed E-state index contributed by atoms with van der Waals surface area (Å²) in [7, 11) is 3.16. The quantitative estimate of drug-likeness (QED) is 0.554. The van der Waals surface area contributed by atoms with Gasteiger partial charge < -0.3 is 14.8 Å². The third-order valence-electron chi connectivity index (χ3n) is 4.46. The van der Waals surface area contributed by atoms with Crippen molar-refractivity contribution in [1.29, 1.82) is 0 Å². The zero-order valence-electron chi connectivity index (χ0n) is 17.2. The molecule has 1 amide bonds. The molecule has 0 radical (unpaired) electrons. The maximum atomic E-state index is 12.4. The van der Waals surface area contributed by atoms with Gasteiger partial charge in [-0.3, -0.25) is 4.79 Å². The topological polar surface area (TPSA) is 60.5 Å². The number of nitrogens with zero attached hydrogens (tertiary/aromatic N) is 1. The molecule has 3 aromatic rings. The molecule has 0 spiro atoms. The number of aromatic nitrogens is 1. The van der Waals surface area contributed by atoms with Crippen LogP contribution in [0.2, 0.25) is 0 Å². The van der Waals surface area contributed by atoms with Gasteiger partial charge in [-0.2, -0.15) is 0 Å². The molecule has 5 nitrogen and oxygen atoms in total. The van der Waals surface area contributed by atoms with Gasteiger partial charge >= 0.3 is 0 Å². The minimum atomic E-state index is -0.120. The van der Waals surface area contributed by atoms with Gasteiger partial charge in [0.05, 0.1) is 26.3 Å². The van der Waals surface area contributed by atoms with E-state index < -0.39 is 0 Å². The number of rotatable bonds is 8. The van der Waals surface area contributed by atoms with E-state index >= 15 is 0 Å². The van der Waals surface area contributed by atoms with Gasteiger partial charge in [0, 0.05) is 10.9 Å². The molecule has 0 saturated heterocycles. The first-order chi connectivity index (χ1) is 14.0. The summed E-state index contributed by atoms with van der Waals surface area (Å²) < 4.78 is 10.5. The lowest BCUT2D eigenvalue weighted by Gasteiger charge is -2.09. The first-order valence-electron chi connectivity index (χ1n) is 9.54. The number of methoxy groups -OCH3 is 2. The van der Waals surface area contributed by atoms with Gasteiger partial charge in [0.25, 0.3) is 0 Å². The number of benzene rings is 2. The van der Waals surface area contributed by atoms with Crippen LogP contribution in [0.4, 0.5) is 5.13 Å². The molecule has 3 rings (SSSR count). The average Bonchev–Trinajstić information content (AvgIpc) is 3.16. The Balaban J connectivity index is 1.63. The smallest absolute Gasteiger partial charge is 0.230 e. The minimum Gasteiger partial charge on any atom is -0.493 e. The van der Waals surface area contributed by atoms with E-state index in [1.165, 1.54) is 16.9 Å². The fourth-order valence-corrected chi connectivity index (χ4v) is 3.82. The predicted octanol–water partition coefficient (Wildman–Crippen LogP) is 5.21. The van der Waals surface area contributed by atoms with Gasteiger partial charge in [-0.25, -0.2) is 4.98 Å². The van der Waals surface area contributed by atoms with Crippen LogP contribution in [-0.2, 0) is 17.6 Å². The second kappa shape index (κ2) is 9.56. The van der Waals surface area contributed by atoms with E-state index in [0.29, 0.717) is 22.5 Å². The van der Waals surface area contributed by atoms with Gasteiger partial charge in [0.15, 0.2) is 16.6 Å². The maximum Gasteiger partial charge on any atom is 0.230 e. The molecule has 152 valence electrons. The zero-order chi connectivity index (χ0) is 20.8. The number of anilines is 1. The molecule has 0 aliphatic carbocycles. The Kier molecular flexibility index (Phi) is 6.88. The SMILES string of the molecule is COc1ccc(CC(=O)Nc2nc(-c3ccc(CC(C)C)cc3)cs2)cc1OC. The van der Waals surface area contributed by atoms with Gasteiger partial charge in [0.1, 0.15) is 0 Å². The largest absolute Gasteiger partial charge is 0.493 e. The van der Waals surface area contributed by atoms with E-state index in [2.05, 4.69) is 48.4 Å². The number of ether oxygens (including phenoxy) is 2. The number of nitrogens with one attached hydrogen (secondary N) is 1. The lowest BCUT2D eigenvalue weighted by molar-refractivity contribution is -0.115. The van der Waals surface area contributed by atoms with Crippen molar-refractivity contribution in [3.05, 3.63) is 59.0 Å². The van der Waals surface area contributed by atoms with Gasteiger partial charge in [-0.1, -0.05) is 44.2 Å². The second-order valence-corrected chi connectivity index (χ2v) is 8.11. The van der Waals surface area contributed by atoms with Crippen LogP contribution >= 0.6 is 11.3 Å². The van der Waals surface area contributed by atoms with Crippen LogP contribution < -0.4 is 14.8 Å². The van der Waals surface area contributed by atoms with Crippen molar-refractivity contribution < 1.29 is 14.3 Å². The van der Waals surface area contributed by atoms with Crippen LogP contribution in [0.1, 0.15) is 25.0 Å². The van der Waals surface area contributed by atoms with Gasteiger partial charge in [-0.05, 0) is 35.6 Å². The number of thiazole rings is 1. The van der Waals surface area contributed by atoms with E-state index in [1.54, 1.807) is 20.3 Å². The highest BCUT2D eigenvalue weighted by atomic mass is 32.1. The van der Waals surface area contributed by atoms with Crippen LogP contribution in [0.5, 0.6) is 11.5 Å². The number of hydrogen-bond acceptors (Lipinski definition) is 5. The summed E-state index contributed by atoms with van der Waals surface area (Å²) in [5.41, 5.74) is 4.08. The molecule has 0 bridgehead atoms. The molecule has 1 heterocycles. The molecule has 0 saturated carbocycles. The molecule has 0 aliphatic heterocycles. The number of hydrogen-bond donors (Lipinski definition) is 1. The summed E-state index contributed by atoms with van der Waals surface area (Å²) in [6.45, 7) is 4.43. The normalized spacial score (nSPS) is 10.8. The molecular formula is C23H26N2O3S. The summed E-state index contributed by atoms with van der Waals surface area (Å²) in [6.07, 6.45) is 1.30.